The summed E-state index contributed by atoms with van der Waals surface area (Å²) >= 11 is 6.26. The molecule has 6 heteroatoms. The van der Waals surface area contributed by atoms with Crippen LogP contribution in [0.15, 0.2) is 89.8 Å². The predicted molar refractivity (Wildman–Crippen MR) is 137 cm³/mol. The van der Waals surface area contributed by atoms with Crippen molar-refractivity contribution in [3.05, 3.63) is 101 Å². The molecule has 176 valence electrons. The Bertz CT molecular complexity index is 1090. The molecule has 0 radical (unpaired) electrons. The van der Waals surface area contributed by atoms with Gasteiger partial charge in [0.15, 0.2) is 0 Å². The fraction of sp³-hybridized carbons (Fsp3) is 0.333. The molecule has 0 aromatic heterocycles. The lowest BCUT2D eigenvalue weighted by molar-refractivity contribution is 0.304. The van der Waals surface area contributed by atoms with Gasteiger partial charge in [-0.1, -0.05) is 72.3 Å². The summed E-state index contributed by atoms with van der Waals surface area (Å²) in [5.41, 5.74) is 2.42. The fourth-order valence-corrected chi connectivity index (χ4v) is 5.43. The van der Waals surface area contributed by atoms with E-state index in [0.29, 0.717) is 16.5 Å². The van der Waals surface area contributed by atoms with E-state index in [1.54, 1.807) is 31.3 Å². The van der Waals surface area contributed by atoms with Crippen LogP contribution in [0.4, 0.5) is 0 Å². The first kappa shape index (κ1) is 25.4. The molecule has 0 aliphatic carbocycles. The van der Waals surface area contributed by atoms with E-state index in [1.807, 2.05) is 36.4 Å². The monoisotopic (exact) mass is 484 g/mol. The van der Waals surface area contributed by atoms with E-state index >= 15 is 0 Å². The molecule has 0 saturated carbocycles. The summed E-state index contributed by atoms with van der Waals surface area (Å²) in [7, 11) is 0.237. The maximum absolute atomic E-state index is 13.1. The summed E-state index contributed by atoms with van der Waals surface area (Å²) in [6.07, 6.45) is 2.99. The molecule has 3 aromatic rings. The molecule has 0 amide bonds. The van der Waals surface area contributed by atoms with Gasteiger partial charge in [-0.25, -0.2) is 12.7 Å². The topological polar surface area (TPSA) is 40.6 Å². The zero-order chi connectivity index (χ0) is 23.7. The Hall–Kier alpha value is -2.18. The molecule has 33 heavy (non-hydrogen) atoms. The molecule has 0 heterocycles. The molecule has 3 rings (SSSR count). The highest BCUT2D eigenvalue weighted by Gasteiger charge is 2.24. The Morgan fingerprint density at radius 2 is 1.52 bits per heavy atom. The lowest BCUT2D eigenvalue weighted by atomic mass is 9.95. The maximum atomic E-state index is 13.1. The summed E-state index contributed by atoms with van der Waals surface area (Å²) in [6.45, 7) is 2.27. The lowest BCUT2D eigenvalue weighted by Gasteiger charge is -2.26. The van der Waals surface area contributed by atoms with Gasteiger partial charge in [-0.15, -0.1) is 0 Å². The first-order valence-corrected chi connectivity index (χ1v) is 13.2. The van der Waals surface area contributed by atoms with Gasteiger partial charge in [-0.2, -0.15) is 0 Å². The number of halogens is 1. The van der Waals surface area contributed by atoms with Crippen molar-refractivity contribution in [3.8, 4) is 0 Å². The van der Waals surface area contributed by atoms with Crippen LogP contribution in [0.1, 0.15) is 29.9 Å². The molecule has 4 nitrogen and oxygen atoms in total. The highest BCUT2D eigenvalue weighted by Crippen LogP contribution is 2.26. The van der Waals surface area contributed by atoms with Crippen molar-refractivity contribution in [3.63, 3.8) is 0 Å². The van der Waals surface area contributed by atoms with E-state index in [-0.39, 0.29) is 5.92 Å². The van der Waals surface area contributed by atoms with Crippen LogP contribution in [0.25, 0.3) is 0 Å². The van der Waals surface area contributed by atoms with E-state index in [9.17, 15) is 8.42 Å². The molecule has 0 unspecified atom stereocenters. The van der Waals surface area contributed by atoms with Gasteiger partial charge in [0, 0.05) is 18.6 Å². The molecule has 0 saturated heterocycles. The minimum atomic E-state index is -3.55. The Balaban J connectivity index is 1.63. The van der Waals surface area contributed by atoms with Gasteiger partial charge in [-0.05, 0) is 80.7 Å². The van der Waals surface area contributed by atoms with Crippen LogP contribution in [0, 0.1) is 0 Å². The molecule has 0 N–H and O–H groups in total. The molecule has 3 aromatic carbocycles. The quantitative estimate of drug-likeness (QED) is 0.331. The van der Waals surface area contributed by atoms with Gasteiger partial charge < -0.3 is 4.90 Å². The number of sulfonamides is 1. The van der Waals surface area contributed by atoms with Gasteiger partial charge in [-0.3, -0.25) is 0 Å². The molecular formula is C27H33ClN2O2S. The number of rotatable bonds is 12. The minimum absolute atomic E-state index is 0.0451. The molecule has 0 spiro atoms. The van der Waals surface area contributed by atoms with Crippen LogP contribution in [0.5, 0.6) is 0 Å². The number of hydrogen-bond acceptors (Lipinski definition) is 3. The van der Waals surface area contributed by atoms with Gasteiger partial charge in [0.25, 0.3) is 0 Å². The number of aryl methyl sites for hydroxylation is 1. The van der Waals surface area contributed by atoms with Crippen LogP contribution in [0.2, 0.25) is 5.02 Å². The van der Waals surface area contributed by atoms with Gasteiger partial charge in [0.2, 0.25) is 10.0 Å². The van der Waals surface area contributed by atoms with Crippen LogP contribution < -0.4 is 0 Å². The van der Waals surface area contributed by atoms with Crippen molar-refractivity contribution < 1.29 is 8.42 Å². The van der Waals surface area contributed by atoms with E-state index in [2.05, 4.69) is 36.2 Å². The van der Waals surface area contributed by atoms with E-state index in [4.69, 9.17) is 11.6 Å². The van der Waals surface area contributed by atoms with Crippen molar-refractivity contribution in [2.45, 2.75) is 30.1 Å². The van der Waals surface area contributed by atoms with Crippen LogP contribution in [0.3, 0.4) is 0 Å². The maximum Gasteiger partial charge on any atom is 0.242 e. The summed E-state index contributed by atoms with van der Waals surface area (Å²) in [5, 5.41) is 0.669. The second kappa shape index (κ2) is 12.3. The number of hydrogen-bond donors (Lipinski definition) is 0. The Morgan fingerprint density at radius 3 is 2.18 bits per heavy atom. The van der Waals surface area contributed by atoms with E-state index in [1.165, 1.54) is 9.87 Å². The molecule has 0 bridgehead atoms. The normalized spacial score (nSPS) is 12.9. The number of benzene rings is 3. The summed E-state index contributed by atoms with van der Waals surface area (Å²) < 4.78 is 27.6. The van der Waals surface area contributed by atoms with Gasteiger partial charge in [0.1, 0.15) is 0 Å². The SMILES string of the molecule is CN(CCCc1ccccc1)CC[C@H](CN(C)S(=O)(=O)c1ccccc1)c1cccc(Cl)c1. The average molecular weight is 485 g/mol. The molecule has 0 aliphatic rings. The molecule has 0 aliphatic heterocycles. The third-order valence-electron chi connectivity index (χ3n) is 5.96. The summed E-state index contributed by atoms with van der Waals surface area (Å²) in [4.78, 5) is 2.64. The molecule has 1 atom stereocenters. The first-order valence-electron chi connectivity index (χ1n) is 11.4. The zero-order valence-electron chi connectivity index (χ0n) is 19.4. The number of nitrogens with zero attached hydrogens (tertiary/aromatic N) is 2. The highest BCUT2D eigenvalue weighted by molar-refractivity contribution is 7.89. The Labute approximate surface area is 203 Å². The second-order valence-corrected chi connectivity index (χ2v) is 11.0. The standard InChI is InChI=1S/C27H33ClN2O2S/c1-29(19-10-13-23-11-5-3-6-12-23)20-18-25(24-14-9-15-26(28)21-24)22-30(2)33(31,32)27-16-7-4-8-17-27/h3-9,11-12,14-17,21,25H,10,13,18-20,22H2,1-2H3/t25-/m1/s1. The van der Waals surface area contributed by atoms with Crippen molar-refractivity contribution in [1.29, 1.82) is 0 Å². The lowest BCUT2D eigenvalue weighted by Crippen LogP contribution is -2.32. The van der Waals surface area contributed by atoms with Crippen molar-refractivity contribution >= 4 is 21.6 Å². The molecule has 0 fully saturated rings. The predicted octanol–water partition coefficient (Wildman–Crippen LogP) is 5.70. The third-order valence-corrected chi connectivity index (χ3v) is 8.03. The Kier molecular flexibility index (Phi) is 9.51. The van der Waals surface area contributed by atoms with Crippen LogP contribution in [-0.2, 0) is 16.4 Å². The zero-order valence-corrected chi connectivity index (χ0v) is 21.0. The minimum Gasteiger partial charge on any atom is -0.306 e. The number of likely N-dealkylation sites (N-methyl/N-ethyl adjacent to an activating group) is 1. The van der Waals surface area contributed by atoms with Gasteiger partial charge >= 0.3 is 0 Å². The van der Waals surface area contributed by atoms with Crippen LogP contribution >= 0.6 is 11.6 Å². The van der Waals surface area contributed by atoms with E-state index < -0.39 is 10.0 Å². The van der Waals surface area contributed by atoms with Crippen molar-refractivity contribution in [1.82, 2.24) is 9.21 Å². The third kappa shape index (κ3) is 7.68. The van der Waals surface area contributed by atoms with Crippen molar-refractivity contribution in [2.75, 3.05) is 33.7 Å². The van der Waals surface area contributed by atoms with Gasteiger partial charge in [0.05, 0.1) is 4.90 Å². The summed E-state index contributed by atoms with van der Waals surface area (Å²) in [6, 6.07) is 26.9. The van der Waals surface area contributed by atoms with E-state index in [0.717, 1.165) is 37.9 Å². The summed E-state index contributed by atoms with van der Waals surface area (Å²) in [5.74, 6) is 0.0451. The molecular weight excluding hydrogens is 452 g/mol. The largest absolute Gasteiger partial charge is 0.306 e. The smallest absolute Gasteiger partial charge is 0.242 e. The first-order chi connectivity index (χ1) is 15.9. The Morgan fingerprint density at radius 1 is 0.848 bits per heavy atom. The fourth-order valence-electron chi connectivity index (χ4n) is 3.99. The average Bonchev–Trinajstić information content (AvgIpc) is 2.82. The van der Waals surface area contributed by atoms with Crippen molar-refractivity contribution in [2.24, 2.45) is 0 Å². The van der Waals surface area contributed by atoms with Crippen LogP contribution in [-0.4, -0.2) is 51.4 Å². The second-order valence-electron chi connectivity index (χ2n) is 8.53. The highest BCUT2D eigenvalue weighted by atomic mass is 35.5.